The van der Waals surface area contributed by atoms with Crippen molar-refractivity contribution in [1.82, 2.24) is 14.8 Å². The maximum Gasteiger partial charge on any atom is 0.345 e. The summed E-state index contributed by atoms with van der Waals surface area (Å²) in [6, 6.07) is 13.3. The number of nitrogens with two attached hydrogens (primary N) is 1. The number of rotatable bonds is 11. The number of hydrogen-bond donors (Lipinski definition) is 2. The first kappa shape index (κ1) is 27.6. The third-order valence-electron chi connectivity index (χ3n) is 6.11. The molecule has 0 spiro atoms. The van der Waals surface area contributed by atoms with Gasteiger partial charge in [0.1, 0.15) is 5.75 Å². The van der Waals surface area contributed by atoms with Gasteiger partial charge in [-0.25, -0.2) is 25.3 Å². The van der Waals surface area contributed by atoms with Crippen molar-refractivity contribution in [3.63, 3.8) is 0 Å². The summed E-state index contributed by atoms with van der Waals surface area (Å²) in [7, 11) is 0. The number of urea groups is 2. The van der Waals surface area contributed by atoms with Crippen molar-refractivity contribution in [2.24, 2.45) is 16.9 Å². The Bertz CT molecular complexity index is 1110. The molecule has 37 heavy (non-hydrogen) atoms. The van der Waals surface area contributed by atoms with Gasteiger partial charge < -0.3 is 10.1 Å². The predicted molar refractivity (Wildman–Crippen MR) is 139 cm³/mol. The molecule has 2 aromatic rings. The molecule has 11 heteroatoms. The summed E-state index contributed by atoms with van der Waals surface area (Å²) >= 11 is 0. The lowest BCUT2D eigenvalue weighted by molar-refractivity contribution is -0.121. The van der Waals surface area contributed by atoms with Crippen LogP contribution < -0.4 is 15.9 Å². The van der Waals surface area contributed by atoms with Crippen LogP contribution in [0.5, 0.6) is 5.75 Å². The van der Waals surface area contributed by atoms with Gasteiger partial charge in [-0.2, -0.15) is 0 Å². The van der Waals surface area contributed by atoms with Crippen molar-refractivity contribution >= 4 is 23.7 Å². The first-order valence-corrected chi connectivity index (χ1v) is 12.3. The maximum atomic E-state index is 13.5. The Morgan fingerprint density at radius 1 is 1.08 bits per heavy atom. The molecular formula is C26H34N6O5. The minimum absolute atomic E-state index is 0.0802. The molecule has 3 rings (SSSR count). The van der Waals surface area contributed by atoms with Crippen molar-refractivity contribution in [2.45, 2.75) is 59.5 Å². The Morgan fingerprint density at radius 2 is 1.73 bits per heavy atom. The topological polar surface area (TPSA) is 138 Å². The van der Waals surface area contributed by atoms with Gasteiger partial charge >= 0.3 is 12.1 Å². The molecule has 1 aliphatic rings. The van der Waals surface area contributed by atoms with Crippen LogP contribution in [0.15, 0.2) is 53.7 Å². The quantitative estimate of drug-likeness (QED) is 0.259. The van der Waals surface area contributed by atoms with Crippen LogP contribution >= 0.6 is 0 Å². The zero-order valence-corrected chi connectivity index (χ0v) is 21.6. The van der Waals surface area contributed by atoms with Crippen LogP contribution in [0.1, 0.15) is 44.7 Å². The standard InChI is InChI=1S/C26H34N6O5/c1-5-6-19(4)37-22-13-11-21(12-14-22)28-24-30(16-20-9-7-17(2)8-10-20)25(34)31(26(35)32(24)27)15-18(3)23(33)29-36/h7-14,18-19,24,28H,5-6,15-16,27H2,1-4H3/t18-,19+,24?/m0/s1. The predicted octanol–water partition coefficient (Wildman–Crippen LogP) is 4.42. The van der Waals surface area contributed by atoms with E-state index in [-0.39, 0.29) is 19.2 Å². The van der Waals surface area contributed by atoms with Gasteiger partial charge in [-0.15, -0.1) is 4.91 Å². The Balaban J connectivity index is 1.86. The lowest BCUT2D eigenvalue weighted by atomic mass is 10.1. The molecule has 198 valence electrons. The SMILES string of the molecule is CCC[C@@H](C)Oc1ccc(NC2N(N)C(=O)N(C[C@H](C)C(=O)N=O)C(=O)N2Cc2ccc(C)cc2)cc1. The van der Waals surface area contributed by atoms with Gasteiger partial charge in [0.25, 0.3) is 5.91 Å². The highest BCUT2D eigenvalue weighted by atomic mass is 16.5. The molecule has 0 aliphatic carbocycles. The van der Waals surface area contributed by atoms with Crippen LogP contribution in [0, 0.1) is 17.7 Å². The number of ether oxygens (including phenoxy) is 1. The highest BCUT2D eigenvalue weighted by molar-refractivity contribution is 5.96. The largest absolute Gasteiger partial charge is 0.491 e. The van der Waals surface area contributed by atoms with Crippen molar-refractivity contribution < 1.29 is 19.1 Å². The van der Waals surface area contributed by atoms with E-state index in [1.54, 1.807) is 24.3 Å². The number of benzene rings is 2. The summed E-state index contributed by atoms with van der Waals surface area (Å²) in [4.78, 5) is 51.2. The molecule has 11 nitrogen and oxygen atoms in total. The number of hydrogen-bond acceptors (Lipinski definition) is 7. The van der Waals surface area contributed by atoms with Crippen LogP contribution in [0.3, 0.4) is 0 Å². The fourth-order valence-electron chi connectivity index (χ4n) is 4.00. The molecule has 1 aliphatic heterocycles. The number of carbonyl (C=O) groups excluding carboxylic acids is 3. The number of anilines is 1. The molecule has 2 aromatic carbocycles. The second kappa shape index (κ2) is 12.3. The van der Waals surface area contributed by atoms with E-state index in [0.717, 1.165) is 33.9 Å². The number of imide groups is 1. The van der Waals surface area contributed by atoms with E-state index in [0.29, 0.717) is 11.4 Å². The third-order valence-corrected chi connectivity index (χ3v) is 6.11. The van der Waals surface area contributed by atoms with Crippen LogP contribution in [0.4, 0.5) is 15.3 Å². The van der Waals surface area contributed by atoms with Gasteiger partial charge in [0.2, 0.25) is 6.29 Å². The normalized spacial score (nSPS) is 17.4. The molecule has 5 amide bonds. The maximum absolute atomic E-state index is 13.5. The summed E-state index contributed by atoms with van der Waals surface area (Å²) in [6.07, 6.45) is 1.02. The van der Waals surface area contributed by atoms with Crippen molar-refractivity contribution in [2.75, 3.05) is 11.9 Å². The number of nitrogens with zero attached hydrogens (tertiary/aromatic N) is 4. The number of carbonyl (C=O) groups is 3. The molecule has 0 bridgehead atoms. The molecule has 0 aromatic heterocycles. The van der Waals surface area contributed by atoms with Crippen LogP contribution in [-0.4, -0.2) is 51.7 Å². The fourth-order valence-corrected chi connectivity index (χ4v) is 4.00. The average Bonchev–Trinajstić information content (AvgIpc) is 2.88. The molecule has 1 saturated heterocycles. The Kier molecular flexibility index (Phi) is 9.18. The minimum Gasteiger partial charge on any atom is -0.491 e. The summed E-state index contributed by atoms with van der Waals surface area (Å²) in [5.74, 6) is 4.98. The number of aryl methyl sites for hydroxylation is 1. The molecule has 0 saturated carbocycles. The number of hydrazine groups is 1. The monoisotopic (exact) mass is 510 g/mol. The van der Waals surface area contributed by atoms with E-state index in [1.165, 1.54) is 11.8 Å². The summed E-state index contributed by atoms with van der Waals surface area (Å²) in [5.41, 5.74) is 2.50. The summed E-state index contributed by atoms with van der Waals surface area (Å²) in [5, 5.41) is 6.46. The minimum atomic E-state index is -1.02. The van der Waals surface area contributed by atoms with E-state index in [9.17, 15) is 19.3 Å². The van der Waals surface area contributed by atoms with Gasteiger partial charge in [-0.05, 0) is 50.1 Å². The van der Waals surface area contributed by atoms with Gasteiger partial charge in [-0.1, -0.05) is 50.1 Å². The highest BCUT2D eigenvalue weighted by Crippen LogP contribution is 2.25. The Labute approximate surface area is 216 Å². The first-order valence-electron chi connectivity index (χ1n) is 12.3. The summed E-state index contributed by atoms with van der Waals surface area (Å²) in [6.45, 7) is 7.30. The molecular weight excluding hydrogens is 476 g/mol. The van der Waals surface area contributed by atoms with E-state index < -0.39 is 30.2 Å². The van der Waals surface area contributed by atoms with Crippen LogP contribution in [0.2, 0.25) is 0 Å². The van der Waals surface area contributed by atoms with Crippen molar-refractivity contribution in [3.8, 4) is 5.75 Å². The van der Waals surface area contributed by atoms with Crippen molar-refractivity contribution in [3.05, 3.63) is 64.6 Å². The zero-order valence-electron chi connectivity index (χ0n) is 21.6. The lowest BCUT2D eigenvalue weighted by Crippen LogP contribution is -2.70. The second-order valence-electron chi connectivity index (χ2n) is 9.29. The second-order valence-corrected chi connectivity index (χ2v) is 9.29. The fraction of sp³-hybridized carbons (Fsp3) is 0.423. The van der Waals surface area contributed by atoms with Gasteiger partial charge in [0, 0.05) is 17.4 Å². The molecule has 3 N–H and O–H groups in total. The number of amides is 5. The molecule has 3 atom stereocenters. The van der Waals surface area contributed by atoms with E-state index in [2.05, 4.69) is 17.4 Å². The van der Waals surface area contributed by atoms with Gasteiger partial charge in [0.05, 0.1) is 18.6 Å². The zero-order chi connectivity index (χ0) is 27.1. The van der Waals surface area contributed by atoms with Crippen molar-refractivity contribution in [1.29, 1.82) is 0 Å². The van der Waals surface area contributed by atoms with E-state index >= 15 is 0 Å². The van der Waals surface area contributed by atoms with Gasteiger partial charge in [0.15, 0.2) is 0 Å². The molecule has 1 unspecified atom stereocenters. The Hall–Kier alpha value is -3.99. The van der Waals surface area contributed by atoms with E-state index in [4.69, 9.17) is 10.6 Å². The molecule has 1 fully saturated rings. The average molecular weight is 511 g/mol. The van der Waals surface area contributed by atoms with Crippen LogP contribution in [0.25, 0.3) is 0 Å². The lowest BCUT2D eigenvalue weighted by Gasteiger charge is -2.45. The van der Waals surface area contributed by atoms with Gasteiger partial charge in [-0.3, -0.25) is 9.69 Å². The first-order chi connectivity index (χ1) is 17.6. The van der Waals surface area contributed by atoms with E-state index in [1.807, 2.05) is 38.1 Å². The molecule has 0 radical (unpaired) electrons. The number of nitrogens with one attached hydrogen (secondary N) is 1. The third kappa shape index (κ3) is 6.82. The van der Waals surface area contributed by atoms with Crippen LogP contribution in [-0.2, 0) is 11.3 Å². The highest BCUT2D eigenvalue weighted by Gasteiger charge is 2.44. The number of nitroso groups, excluding NO2 is 1. The Morgan fingerprint density at radius 3 is 2.32 bits per heavy atom. The smallest absolute Gasteiger partial charge is 0.345 e. The summed E-state index contributed by atoms with van der Waals surface area (Å²) < 4.78 is 5.90. The molecule has 1 heterocycles.